The lowest BCUT2D eigenvalue weighted by atomic mass is 9.62. The Bertz CT molecular complexity index is 1040. The maximum absolute atomic E-state index is 12.1. The third kappa shape index (κ3) is 5.12. The van der Waals surface area contributed by atoms with E-state index in [9.17, 15) is 4.79 Å². The molecule has 2 aliphatic heterocycles. The van der Waals surface area contributed by atoms with Gasteiger partial charge in [-0.25, -0.2) is 0 Å². The van der Waals surface area contributed by atoms with E-state index in [0.29, 0.717) is 25.8 Å². The third-order valence-corrected chi connectivity index (χ3v) is 8.30. The number of hydrogen-bond donors (Lipinski definition) is 0. The van der Waals surface area contributed by atoms with E-state index in [-0.39, 0.29) is 18.0 Å². The smallest absolute Gasteiger partial charge is 0.300 e. The highest BCUT2D eigenvalue weighted by Gasteiger charge is 2.37. The normalized spacial score (nSPS) is 29.9. The molecule has 0 amide bonds. The van der Waals surface area contributed by atoms with E-state index in [4.69, 9.17) is 18.9 Å². The van der Waals surface area contributed by atoms with Crippen LogP contribution in [-0.4, -0.2) is 35.2 Å². The number of rotatable bonds is 7. The molecule has 6 rings (SSSR count). The summed E-state index contributed by atoms with van der Waals surface area (Å²) in [5, 5.41) is 0. The first-order valence-electron chi connectivity index (χ1n) is 13.5. The van der Waals surface area contributed by atoms with Crippen molar-refractivity contribution in [1.82, 2.24) is 9.55 Å². The van der Waals surface area contributed by atoms with Crippen molar-refractivity contribution in [2.24, 2.45) is 11.8 Å². The minimum Gasteiger partial charge on any atom is -0.490 e. The monoisotopic (exact) mass is 480 g/mol. The Hall–Kier alpha value is -2.38. The average molecular weight is 481 g/mol. The van der Waals surface area contributed by atoms with Crippen LogP contribution in [0.5, 0.6) is 11.8 Å². The molecule has 188 valence electrons. The van der Waals surface area contributed by atoms with Gasteiger partial charge in [0.15, 0.2) is 12.4 Å². The van der Waals surface area contributed by atoms with Crippen LogP contribution in [0.25, 0.3) is 0 Å². The quantitative estimate of drug-likeness (QED) is 0.566. The summed E-state index contributed by atoms with van der Waals surface area (Å²) in [5.41, 5.74) is 1.92. The molecule has 3 heterocycles. The molecule has 1 aromatic heterocycles. The highest BCUT2D eigenvalue weighted by Crippen LogP contribution is 2.50. The first-order valence-corrected chi connectivity index (χ1v) is 13.5. The zero-order valence-corrected chi connectivity index (χ0v) is 20.4. The van der Waals surface area contributed by atoms with Crippen molar-refractivity contribution in [2.45, 2.75) is 89.3 Å². The molecule has 3 fully saturated rings. The summed E-state index contributed by atoms with van der Waals surface area (Å²) in [6.45, 7) is 2.01. The minimum atomic E-state index is -0.316. The van der Waals surface area contributed by atoms with Gasteiger partial charge in [-0.1, -0.05) is 25.0 Å². The van der Waals surface area contributed by atoms with Gasteiger partial charge in [-0.05, 0) is 80.4 Å². The zero-order valence-electron chi connectivity index (χ0n) is 20.4. The molecular weight excluding hydrogens is 444 g/mol. The van der Waals surface area contributed by atoms with E-state index < -0.39 is 0 Å². The maximum atomic E-state index is 12.1. The number of ether oxygens (including phenoxy) is 4. The van der Waals surface area contributed by atoms with Crippen molar-refractivity contribution in [1.29, 1.82) is 0 Å². The molecule has 1 aromatic carbocycles. The Balaban J connectivity index is 1.05. The minimum absolute atomic E-state index is 0.202. The van der Waals surface area contributed by atoms with Crippen molar-refractivity contribution in [3.8, 4) is 11.8 Å². The molecule has 4 aliphatic rings. The van der Waals surface area contributed by atoms with Crippen LogP contribution in [0.15, 0.2) is 35.1 Å². The number of nitrogens with zero attached hydrogens (tertiary/aromatic N) is 2. The van der Waals surface area contributed by atoms with Crippen LogP contribution < -0.4 is 15.0 Å². The Morgan fingerprint density at radius 2 is 1.74 bits per heavy atom. The zero-order chi connectivity index (χ0) is 23.6. The molecule has 2 saturated carbocycles. The fourth-order valence-corrected chi connectivity index (χ4v) is 6.63. The summed E-state index contributed by atoms with van der Waals surface area (Å²) >= 11 is 0. The Morgan fingerprint density at radius 3 is 2.46 bits per heavy atom. The summed E-state index contributed by atoms with van der Waals surface area (Å²) in [4.78, 5) is 16.1. The molecule has 2 atom stereocenters. The van der Waals surface area contributed by atoms with Gasteiger partial charge in [0.2, 0.25) is 0 Å². The lowest BCUT2D eigenvalue weighted by molar-refractivity contribution is -0.169. The van der Waals surface area contributed by atoms with Crippen molar-refractivity contribution in [3.05, 3.63) is 51.9 Å². The van der Waals surface area contributed by atoms with Gasteiger partial charge >= 0.3 is 6.01 Å². The second-order valence-electron chi connectivity index (χ2n) is 10.6. The predicted octanol–water partition coefficient (Wildman–Crippen LogP) is 4.81. The number of benzene rings is 1. The van der Waals surface area contributed by atoms with Gasteiger partial charge < -0.3 is 18.9 Å². The lowest BCUT2D eigenvalue weighted by Gasteiger charge is -2.43. The molecule has 7 heteroatoms. The molecule has 0 N–H and O–H groups in total. The Morgan fingerprint density at radius 1 is 0.971 bits per heavy atom. The van der Waals surface area contributed by atoms with Crippen LogP contribution in [0.2, 0.25) is 0 Å². The van der Waals surface area contributed by atoms with E-state index in [2.05, 4.69) is 29.2 Å². The van der Waals surface area contributed by atoms with Crippen LogP contribution in [0.1, 0.15) is 75.0 Å². The highest BCUT2D eigenvalue weighted by molar-refractivity contribution is 5.31. The largest absolute Gasteiger partial charge is 0.490 e. The van der Waals surface area contributed by atoms with Gasteiger partial charge in [-0.3, -0.25) is 9.36 Å². The fourth-order valence-electron chi connectivity index (χ4n) is 6.63. The van der Waals surface area contributed by atoms with Crippen molar-refractivity contribution in [2.75, 3.05) is 13.2 Å². The summed E-state index contributed by atoms with van der Waals surface area (Å²) in [5.74, 6) is 3.30. The highest BCUT2D eigenvalue weighted by atomic mass is 16.7. The molecule has 0 radical (unpaired) electrons. The van der Waals surface area contributed by atoms with Crippen LogP contribution in [0.3, 0.4) is 0 Å². The first-order chi connectivity index (χ1) is 17.2. The molecule has 1 unspecified atom stereocenters. The van der Waals surface area contributed by atoms with E-state index in [0.717, 1.165) is 55.1 Å². The first kappa shape index (κ1) is 23.0. The second kappa shape index (κ2) is 10.3. The summed E-state index contributed by atoms with van der Waals surface area (Å²) < 4.78 is 25.5. The number of aromatic nitrogens is 2. The Labute approximate surface area is 206 Å². The van der Waals surface area contributed by atoms with E-state index in [1.165, 1.54) is 50.2 Å². The number of hydrogen-bond acceptors (Lipinski definition) is 6. The molecular formula is C28H36N2O5. The van der Waals surface area contributed by atoms with Gasteiger partial charge in [-0.15, -0.1) is 0 Å². The van der Waals surface area contributed by atoms with E-state index >= 15 is 0 Å². The van der Waals surface area contributed by atoms with Crippen LogP contribution in [0.4, 0.5) is 0 Å². The standard InChI is InChI=1S/C28H36N2O5/c31-25-15-22(17-34-26-9-1-2-14-32-26)30-16-24(35-28(30)29-25)18-33-23-12-10-21(11-13-23)27-19-5-3-6-20(27)8-4-7-19/h10-13,15,19-20,24,26-27H,1-9,14,16-18H2/t19?,20?,24-,26?,27?/m0/s1. The third-order valence-electron chi connectivity index (χ3n) is 8.30. The fraction of sp³-hybridized carbons (Fsp3) is 0.643. The van der Waals surface area contributed by atoms with E-state index in [1.54, 1.807) is 0 Å². The molecule has 2 bridgehead atoms. The lowest BCUT2D eigenvalue weighted by Crippen LogP contribution is -2.30. The van der Waals surface area contributed by atoms with Crippen molar-refractivity contribution in [3.63, 3.8) is 0 Å². The molecule has 2 aliphatic carbocycles. The molecule has 1 saturated heterocycles. The topological polar surface area (TPSA) is 71.8 Å². The van der Waals surface area contributed by atoms with Gasteiger partial charge in [0, 0.05) is 12.7 Å². The summed E-state index contributed by atoms with van der Waals surface area (Å²) in [7, 11) is 0. The molecule has 35 heavy (non-hydrogen) atoms. The molecule has 2 aromatic rings. The SMILES string of the molecule is O=c1cc(COC2CCCCO2)n2c(n1)O[C@H](COc1ccc(C3C4CCCC3CCC4)cc1)C2. The number of fused-ring (bicyclic) bond motifs is 3. The Kier molecular flexibility index (Phi) is 6.79. The van der Waals surface area contributed by atoms with Crippen LogP contribution >= 0.6 is 0 Å². The van der Waals surface area contributed by atoms with Crippen molar-refractivity contribution < 1.29 is 18.9 Å². The maximum Gasteiger partial charge on any atom is 0.300 e. The van der Waals surface area contributed by atoms with Gasteiger partial charge in [0.1, 0.15) is 12.4 Å². The summed E-state index contributed by atoms with van der Waals surface area (Å²) in [6, 6.07) is 10.6. The van der Waals surface area contributed by atoms with E-state index in [1.807, 2.05) is 4.57 Å². The average Bonchev–Trinajstić information content (AvgIpc) is 3.29. The van der Waals surface area contributed by atoms with Gasteiger partial charge in [0.05, 0.1) is 18.8 Å². The molecule has 7 nitrogen and oxygen atoms in total. The summed E-state index contributed by atoms with van der Waals surface area (Å²) in [6.07, 6.45) is 11.0. The van der Waals surface area contributed by atoms with Crippen molar-refractivity contribution >= 4 is 0 Å². The predicted molar refractivity (Wildman–Crippen MR) is 131 cm³/mol. The van der Waals surface area contributed by atoms with Crippen LogP contribution in [0, 0.1) is 11.8 Å². The van der Waals surface area contributed by atoms with Crippen LogP contribution in [-0.2, 0) is 22.6 Å². The van der Waals surface area contributed by atoms with Gasteiger partial charge in [0.25, 0.3) is 5.56 Å². The van der Waals surface area contributed by atoms with Gasteiger partial charge in [-0.2, -0.15) is 4.98 Å². The second-order valence-corrected chi connectivity index (χ2v) is 10.6. The molecule has 0 spiro atoms.